The number of nitrogens with zero attached hydrogens (tertiary/aromatic N) is 1. The van der Waals surface area contributed by atoms with E-state index in [9.17, 15) is 9.59 Å². The van der Waals surface area contributed by atoms with Crippen molar-refractivity contribution in [3.63, 3.8) is 0 Å². The van der Waals surface area contributed by atoms with Crippen LogP contribution in [0.1, 0.15) is 22.8 Å². The maximum Gasteiger partial charge on any atom is 0.202 e. The Labute approximate surface area is 171 Å². The Bertz CT molecular complexity index is 1270. The number of ketones is 1. The van der Waals surface area contributed by atoms with Crippen LogP contribution in [0.25, 0.3) is 21.9 Å². The summed E-state index contributed by atoms with van der Waals surface area (Å²) >= 11 is 11.0. The largest absolute Gasteiger partial charge is 0.348 e. The zero-order chi connectivity index (χ0) is 19.1. The molecule has 4 aromatic rings. The van der Waals surface area contributed by atoms with Gasteiger partial charge in [-0.25, -0.2) is 4.98 Å². The molecule has 1 aromatic carbocycles. The number of thioether (sulfide) groups is 1. The molecule has 0 bridgehead atoms. The lowest BCUT2D eigenvalue weighted by molar-refractivity contribution is 0.101. The first-order valence-electron chi connectivity index (χ1n) is 8.05. The number of carbonyl (C=O) groups excluding carboxylic acids is 1. The third kappa shape index (κ3) is 3.31. The number of hydrogen-bond donors (Lipinski definition) is 2. The normalized spacial score (nSPS) is 11.4. The molecule has 0 radical (unpaired) electrons. The summed E-state index contributed by atoms with van der Waals surface area (Å²) < 4.78 is 0.714. The second kappa shape index (κ2) is 7.14. The van der Waals surface area contributed by atoms with Crippen molar-refractivity contribution in [1.29, 1.82) is 0 Å². The highest BCUT2D eigenvalue weighted by molar-refractivity contribution is 9.10. The molecule has 27 heavy (non-hydrogen) atoms. The zero-order valence-corrected chi connectivity index (χ0v) is 17.3. The number of Topliss-reactive ketones (excluding diaryl/α,β-unsaturated/α-hetero) is 1. The van der Waals surface area contributed by atoms with Crippen LogP contribution in [0.5, 0.6) is 0 Å². The standard InChI is InChI=1S/C19H13BrClN3O2S/c1-9(25)14-17(26)15-13(21)3-2-12(20)16(15)24-19(14)27-8-10-6-11-4-5-22-18(11)23-7-10/h2-7H,8H2,1H3,(H,22,23)(H,24,26). The molecule has 8 heteroatoms. The maximum atomic E-state index is 12.9. The lowest BCUT2D eigenvalue weighted by atomic mass is 10.1. The van der Waals surface area contributed by atoms with E-state index in [1.54, 1.807) is 18.3 Å². The highest BCUT2D eigenvalue weighted by Crippen LogP contribution is 2.31. The van der Waals surface area contributed by atoms with Crippen molar-refractivity contribution in [3.8, 4) is 0 Å². The van der Waals surface area contributed by atoms with Crippen LogP contribution in [0.2, 0.25) is 5.02 Å². The van der Waals surface area contributed by atoms with Gasteiger partial charge in [-0.1, -0.05) is 11.6 Å². The minimum absolute atomic E-state index is 0.128. The van der Waals surface area contributed by atoms with Crippen molar-refractivity contribution in [2.75, 3.05) is 0 Å². The van der Waals surface area contributed by atoms with E-state index in [0.717, 1.165) is 16.6 Å². The lowest BCUT2D eigenvalue weighted by Crippen LogP contribution is -2.17. The minimum Gasteiger partial charge on any atom is -0.348 e. The molecule has 0 spiro atoms. The van der Waals surface area contributed by atoms with Crippen LogP contribution in [-0.4, -0.2) is 20.7 Å². The first-order chi connectivity index (χ1) is 13.0. The summed E-state index contributed by atoms with van der Waals surface area (Å²) in [5.41, 5.74) is 2.17. The molecule has 0 saturated carbocycles. The highest BCUT2D eigenvalue weighted by Gasteiger charge is 2.19. The van der Waals surface area contributed by atoms with Crippen LogP contribution in [0.3, 0.4) is 0 Å². The van der Waals surface area contributed by atoms with E-state index in [1.165, 1.54) is 18.7 Å². The average molecular weight is 463 g/mol. The van der Waals surface area contributed by atoms with Crippen molar-refractivity contribution < 1.29 is 4.79 Å². The van der Waals surface area contributed by atoms with Gasteiger partial charge < -0.3 is 9.97 Å². The SMILES string of the molecule is CC(=O)c1c(SCc2cnc3[nH]ccc3c2)[nH]c2c(Br)ccc(Cl)c2c1=O. The molecule has 0 saturated heterocycles. The number of benzene rings is 1. The lowest BCUT2D eigenvalue weighted by Gasteiger charge is -2.11. The second-order valence-electron chi connectivity index (χ2n) is 6.04. The monoisotopic (exact) mass is 461 g/mol. The quantitative estimate of drug-likeness (QED) is 0.318. The summed E-state index contributed by atoms with van der Waals surface area (Å²) in [6, 6.07) is 7.39. The fraction of sp³-hybridized carbons (Fsp3) is 0.105. The molecule has 0 fully saturated rings. The van der Waals surface area contributed by atoms with Gasteiger partial charge in [0.2, 0.25) is 5.43 Å². The summed E-state index contributed by atoms with van der Waals surface area (Å²) in [6.45, 7) is 1.39. The zero-order valence-electron chi connectivity index (χ0n) is 14.1. The molecule has 2 N–H and O–H groups in total. The number of halogens is 2. The number of aromatic nitrogens is 3. The van der Waals surface area contributed by atoms with E-state index in [-0.39, 0.29) is 16.8 Å². The summed E-state index contributed by atoms with van der Waals surface area (Å²) in [4.78, 5) is 35.8. The number of fused-ring (bicyclic) bond motifs is 2. The molecule has 136 valence electrons. The smallest absolute Gasteiger partial charge is 0.202 e. The van der Waals surface area contributed by atoms with Gasteiger partial charge in [-0.05, 0) is 52.7 Å². The van der Waals surface area contributed by atoms with E-state index in [4.69, 9.17) is 11.6 Å². The predicted octanol–water partition coefficient (Wildman–Crippen LogP) is 5.32. The van der Waals surface area contributed by atoms with Crippen molar-refractivity contribution in [1.82, 2.24) is 15.0 Å². The first-order valence-corrected chi connectivity index (χ1v) is 10.2. The molecule has 0 atom stereocenters. The Morgan fingerprint density at radius 2 is 2.15 bits per heavy atom. The summed E-state index contributed by atoms with van der Waals surface area (Å²) in [5, 5.41) is 2.17. The number of H-pyrrole nitrogens is 2. The van der Waals surface area contributed by atoms with Crippen LogP contribution in [0.15, 0.2) is 51.0 Å². The van der Waals surface area contributed by atoms with Crippen LogP contribution in [-0.2, 0) is 5.75 Å². The summed E-state index contributed by atoms with van der Waals surface area (Å²) in [7, 11) is 0. The fourth-order valence-electron chi connectivity index (χ4n) is 2.95. The number of carbonyl (C=O) groups is 1. The van der Waals surface area contributed by atoms with Gasteiger partial charge in [0.15, 0.2) is 5.78 Å². The van der Waals surface area contributed by atoms with E-state index < -0.39 is 0 Å². The molecule has 0 aliphatic heterocycles. The predicted molar refractivity (Wildman–Crippen MR) is 113 cm³/mol. The van der Waals surface area contributed by atoms with Crippen molar-refractivity contribution in [2.45, 2.75) is 17.7 Å². The third-order valence-electron chi connectivity index (χ3n) is 4.22. The van der Waals surface area contributed by atoms with E-state index in [1.807, 2.05) is 18.3 Å². The Hall–Kier alpha value is -2.09. The topological polar surface area (TPSA) is 78.6 Å². The molecular formula is C19H13BrClN3O2S. The van der Waals surface area contributed by atoms with Gasteiger partial charge in [0.25, 0.3) is 0 Å². The van der Waals surface area contributed by atoms with Gasteiger partial charge >= 0.3 is 0 Å². The average Bonchev–Trinajstić information content (AvgIpc) is 3.10. The number of pyridine rings is 2. The molecule has 3 aromatic heterocycles. The molecule has 4 rings (SSSR count). The van der Waals surface area contributed by atoms with Crippen molar-refractivity contribution in [2.24, 2.45) is 0 Å². The maximum absolute atomic E-state index is 12.9. The van der Waals surface area contributed by atoms with Gasteiger partial charge in [-0.3, -0.25) is 9.59 Å². The van der Waals surface area contributed by atoms with Crippen LogP contribution < -0.4 is 5.43 Å². The molecule has 3 heterocycles. The molecule has 0 amide bonds. The van der Waals surface area contributed by atoms with Crippen molar-refractivity contribution >= 4 is 67.0 Å². The van der Waals surface area contributed by atoms with Crippen molar-refractivity contribution in [3.05, 3.63) is 67.5 Å². The number of rotatable bonds is 4. The molecular weight excluding hydrogens is 450 g/mol. The molecule has 0 aliphatic rings. The third-order valence-corrected chi connectivity index (χ3v) is 6.26. The first kappa shape index (κ1) is 18.3. The molecule has 0 unspecified atom stereocenters. The number of nitrogens with one attached hydrogen (secondary N) is 2. The Morgan fingerprint density at radius 3 is 2.93 bits per heavy atom. The van der Waals surface area contributed by atoms with Gasteiger partial charge in [-0.15, -0.1) is 11.8 Å². The summed E-state index contributed by atoms with van der Waals surface area (Å²) in [5.74, 6) is 0.268. The highest BCUT2D eigenvalue weighted by atomic mass is 79.9. The number of aromatic amines is 2. The Balaban J connectivity index is 1.80. The van der Waals surface area contributed by atoms with Gasteiger partial charge in [0, 0.05) is 28.0 Å². The molecule has 0 aliphatic carbocycles. The second-order valence-corrected chi connectivity index (χ2v) is 8.29. The van der Waals surface area contributed by atoms with Gasteiger partial charge in [-0.2, -0.15) is 0 Å². The minimum atomic E-state index is -0.357. The van der Waals surface area contributed by atoms with Crippen LogP contribution in [0.4, 0.5) is 0 Å². The Morgan fingerprint density at radius 1 is 1.33 bits per heavy atom. The van der Waals surface area contributed by atoms with E-state index in [2.05, 4.69) is 30.9 Å². The Kier molecular flexibility index (Phi) is 4.84. The van der Waals surface area contributed by atoms with E-state index >= 15 is 0 Å². The van der Waals surface area contributed by atoms with Gasteiger partial charge in [0.1, 0.15) is 5.65 Å². The van der Waals surface area contributed by atoms with Crippen LogP contribution >= 0.6 is 39.3 Å². The summed E-state index contributed by atoms with van der Waals surface area (Å²) in [6.07, 6.45) is 3.62. The number of hydrogen-bond acceptors (Lipinski definition) is 4. The van der Waals surface area contributed by atoms with Gasteiger partial charge in [0.05, 0.1) is 26.5 Å². The van der Waals surface area contributed by atoms with Crippen LogP contribution in [0, 0.1) is 0 Å². The fourth-order valence-corrected chi connectivity index (χ4v) is 4.64. The van der Waals surface area contributed by atoms with E-state index in [0.29, 0.717) is 31.2 Å². The molecule has 5 nitrogen and oxygen atoms in total.